The molecule has 0 aliphatic carbocycles. The van der Waals surface area contributed by atoms with Crippen LogP contribution in [-0.2, 0) is 5.41 Å². The second kappa shape index (κ2) is 5.89. The molecule has 6 rings (SSSR count). The first kappa shape index (κ1) is 17.6. The monoisotopic (exact) mass is 390 g/mol. The van der Waals surface area contributed by atoms with Gasteiger partial charge in [0.25, 0.3) is 0 Å². The van der Waals surface area contributed by atoms with E-state index in [1.54, 1.807) is 0 Å². The second-order valence-electron chi connectivity index (χ2n) is 9.36. The predicted octanol–water partition coefficient (Wildman–Crippen LogP) is 7.34. The highest BCUT2D eigenvalue weighted by atomic mass is 15.4. The van der Waals surface area contributed by atoms with E-state index in [0.29, 0.717) is 0 Å². The van der Waals surface area contributed by atoms with Gasteiger partial charge in [0.2, 0.25) is 0 Å². The number of hydrogen-bond acceptors (Lipinski definition) is 2. The first-order chi connectivity index (χ1) is 14.4. The Balaban J connectivity index is 1.62. The summed E-state index contributed by atoms with van der Waals surface area (Å²) in [6, 6.07) is 27.2. The average molecular weight is 391 g/mol. The lowest BCUT2D eigenvalue weighted by atomic mass is 9.73. The number of fused-ring (bicyclic) bond motifs is 3. The molecule has 2 aliphatic rings. The zero-order chi connectivity index (χ0) is 20.6. The van der Waals surface area contributed by atoms with Crippen LogP contribution in [0.1, 0.15) is 36.1 Å². The van der Waals surface area contributed by atoms with Crippen LogP contribution in [-0.4, -0.2) is 6.67 Å². The maximum absolute atomic E-state index is 2.52. The molecular formula is C28H26N2. The van der Waals surface area contributed by atoms with Crippen LogP contribution in [0.4, 0.5) is 22.7 Å². The van der Waals surface area contributed by atoms with Gasteiger partial charge in [0.15, 0.2) is 0 Å². The molecule has 0 amide bonds. The third-order valence-corrected chi connectivity index (χ3v) is 6.88. The number of anilines is 4. The molecule has 2 heterocycles. The molecule has 0 aromatic heterocycles. The molecular weight excluding hydrogens is 364 g/mol. The van der Waals surface area contributed by atoms with E-state index in [-0.39, 0.29) is 5.41 Å². The SMILES string of the molecule is Cc1cc(C)cc(N2CN3c4cc5ccccc5cc4C(C)(C)c4cccc2c43)c1. The molecule has 2 heteroatoms. The molecule has 2 aliphatic heterocycles. The fraction of sp³-hybridized carbons (Fsp3) is 0.214. The van der Waals surface area contributed by atoms with Crippen molar-refractivity contribution in [1.29, 1.82) is 0 Å². The third kappa shape index (κ3) is 2.31. The molecule has 0 spiro atoms. The van der Waals surface area contributed by atoms with Crippen LogP contribution < -0.4 is 9.80 Å². The van der Waals surface area contributed by atoms with E-state index < -0.39 is 0 Å². The fourth-order valence-corrected chi connectivity index (χ4v) is 5.45. The molecule has 0 atom stereocenters. The summed E-state index contributed by atoms with van der Waals surface area (Å²) in [7, 11) is 0. The number of rotatable bonds is 1. The smallest absolute Gasteiger partial charge is 0.100 e. The highest BCUT2D eigenvalue weighted by Crippen LogP contribution is 2.56. The van der Waals surface area contributed by atoms with Gasteiger partial charge < -0.3 is 9.80 Å². The number of hydrogen-bond donors (Lipinski definition) is 0. The molecule has 4 aromatic carbocycles. The first-order valence-electron chi connectivity index (χ1n) is 10.7. The summed E-state index contributed by atoms with van der Waals surface area (Å²) in [5, 5.41) is 2.62. The average Bonchev–Trinajstić information content (AvgIpc) is 3.11. The van der Waals surface area contributed by atoms with Gasteiger partial charge in [-0.05, 0) is 77.2 Å². The number of nitrogens with zero attached hydrogens (tertiary/aromatic N) is 2. The van der Waals surface area contributed by atoms with E-state index in [1.165, 1.54) is 55.8 Å². The number of benzene rings is 4. The van der Waals surface area contributed by atoms with E-state index >= 15 is 0 Å². The Kier molecular flexibility index (Phi) is 3.45. The predicted molar refractivity (Wildman–Crippen MR) is 128 cm³/mol. The van der Waals surface area contributed by atoms with Crippen LogP contribution in [0.5, 0.6) is 0 Å². The maximum Gasteiger partial charge on any atom is 0.100 e. The molecule has 0 unspecified atom stereocenters. The summed E-state index contributed by atoms with van der Waals surface area (Å²) in [5.41, 5.74) is 10.7. The van der Waals surface area contributed by atoms with E-state index in [9.17, 15) is 0 Å². The van der Waals surface area contributed by atoms with Crippen molar-refractivity contribution in [3.8, 4) is 0 Å². The summed E-state index contributed by atoms with van der Waals surface area (Å²) in [4.78, 5) is 4.99. The summed E-state index contributed by atoms with van der Waals surface area (Å²) in [5.74, 6) is 0. The van der Waals surface area contributed by atoms with Crippen LogP contribution in [0.15, 0.2) is 72.8 Å². The zero-order valence-corrected chi connectivity index (χ0v) is 18.0. The molecule has 4 aromatic rings. The van der Waals surface area contributed by atoms with Gasteiger partial charge in [0.05, 0.1) is 11.4 Å². The Bertz CT molecular complexity index is 1310. The van der Waals surface area contributed by atoms with Crippen molar-refractivity contribution in [3.05, 3.63) is 95.1 Å². The lowest BCUT2D eigenvalue weighted by Gasteiger charge is -2.39. The van der Waals surface area contributed by atoms with Crippen LogP contribution in [0.25, 0.3) is 10.8 Å². The van der Waals surface area contributed by atoms with Gasteiger partial charge in [-0.2, -0.15) is 0 Å². The molecule has 0 bridgehead atoms. The molecule has 0 fully saturated rings. The Labute approximate surface area is 178 Å². The Morgan fingerprint density at radius 3 is 2.10 bits per heavy atom. The van der Waals surface area contributed by atoms with Crippen LogP contribution >= 0.6 is 0 Å². The lowest BCUT2D eigenvalue weighted by molar-refractivity contribution is 0.630. The maximum atomic E-state index is 2.52. The summed E-state index contributed by atoms with van der Waals surface area (Å²) >= 11 is 0. The molecule has 148 valence electrons. The molecule has 2 nitrogen and oxygen atoms in total. The lowest BCUT2D eigenvalue weighted by Crippen LogP contribution is -2.32. The van der Waals surface area contributed by atoms with Crippen LogP contribution in [0, 0.1) is 13.8 Å². The number of aryl methyl sites for hydroxylation is 2. The van der Waals surface area contributed by atoms with E-state index in [4.69, 9.17) is 0 Å². The second-order valence-corrected chi connectivity index (χ2v) is 9.36. The Hall–Kier alpha value is -3.26. The van der Waals surface area contributed by atoms with Gasteiger partial charge >= 0.3 is 0 Å². The van der Waals surface area contributed by atoms with Gasteiger partial charge in [-0.15, -0.1) is 0 Å². The largest absolute Gasteiger partial charge is 0.321 e. The topological polar surface area (TPSA) is 6.48 Å². The summed E-state index contributed by atoms with van der Waals surface area (Å²) < 4.78 is 0. The molecule has 30 heavy (non-hydrogen) atoms. The van der Waals surface area contributed by atoms with E-state index in [2.05, 4.69) is 110 Å². The third-order valence-electron chi connectivity index (χ3n) is 6.88. The van der Waals surface area contributed by atoms with Gasteiger partial charge in [-0.1, -0.05) is 56.3 Å². The van der Waals surface area contributed by atoms with E-state index in [1.807, 2.05) is 0 Å². The Morgan fingerprint density at radius 1 is 0.667 bits per heavy atom. The first-order valence-corrected chi connectivity index (χ1v) is 10.7. The minimum absolute atomic E-state index is 0.0419. The van der Waals surface area contributed by atoms with Crippen molar-refractivity contribution in [1.82, 2.24) is 0 Å². The molecule has 0 N–H and O–H groups in total. The normalized spacial score (nSPS) is 16.0. The van der Waals surface area contributed by atoms with Gasteiger partial charge in [-0.25, -0.2) is 0 Å². The number of para-hydroxylation sites is 1. The fourth-order valence-electron chi connectivity index (χ4n) is 5.45. The van der Waals surface area contributed by atoms with Crippen LogP contribution in [0.3, 0.4) is 0 Å². The van der Waals surface area contributed by atoms with Crippen molar-refractivity contribution >= 4 is 33.5 Å². The van der Waals surface area contributed by atoms with Crippen molar-refractivity contribution < 1.29 is 0 Å². The molecule has 0 saturated heterocycles. The standard InChI is InChI=1S/C28H26N2/c1-18-12-19(2)14-22(13-18)29-17-30-26-16-21-9-6-5-8-20(21)15-24(26)28(3,4)23-10-7-11-25(29)27(23)30/h5-16H,17H2,1-4H3. The van der Waals surface area contributed by atoms with Gasteiger partial charge in [-0.3, -0.25) is 0 Å². The highest BCUT2D eigenvalue weighted by molar-refractivity contribution is 5.97. The van der Waals surface area contributed by atoms with Crippen molar-refractivity contribution in [2.45, 2.75) is 33.1 Å². The zero-order valence-electron chi connectivity index (χ0n) is 18.0. The van der Waals surface area contributed by atoms with Gasteiger partial charge in [0, 0.05) is 16.8 Å². The molecule has 0 radical (unpaired) electrons. The van der Waals surface area contributed by atoms with Gasteiger partial charge in [0.1, 0.15) is 6.67 Å². The van der Waals surface area contributed by atoms with Crippen molar-refractivity contribution in [2.75, 3.05) is 16.5 Å². The Morgan fingerprint density at radius 2 is 1.37 bits per heavy atom. The van der Waals surface area contributed by atoms with E-state index in [0.717, 1.165) is 6.67 Å². The minimum atomic E-state index is -0.0419. The van der Waals surface area contributed by atoms with Crippen molar-refractivity contribution in [3.63, 3.8) is 0 Å². The van der Waals surface area contributed by atoms with Crippen LogP contribution in [0.2, 0.25) is 0 Å². The minimum Gasteiger partial charge on any atom is -0.321 e. The van der Waals surface area contributed by atoms with Crippen molar-refractivity contribution in [2.24, 2.45) is 0 Å². The summed E-state index contributed by atoms with van der Waals surface area (Å²) in [6.45, 7) is 9.95. The highest BCUT2D eigenvalue weighted by Gasteiger charge is 2.42. The summed E-state index contributed by atoms with van der Waals surface area (Å²) in [6.07, 6.45) is 0. The quantitative estimate of drug-likeness (QED) is 0.335. The molecule has 0 saturated carbocycles.